The summed E-state index contributed by atoms with van der Waals surface area (Å²) in [5, 5.41) is 7.06. The number of alkyl carbamates (subject to hydrolysis) is 1. The van der Waals surface area contributed by atoms with Gasteiger partial charge in [0.25, 0.3) is 5.89 Å². The molecule has 224 valence electrons. The number of hydrogen-bond acceptors (Lipinski definition) is 7. The smallest absolute Gasteiger partial charge is 0.408 e. The minimum atomic E-state index is -0.895. The molecule has 0 radical (unpaired) electrons. The summed E-state index contributed by atoms with van der Waals surface area (Å²) in [6.07, 6.45) is 6.24. The lowest BCUT2D eigenvalue weighted by Crippen LogP contribution is -2.44. The summed E-state index contributed by atoms with van der Waals surface area (Å²) in [5.41, 5.74) is 2.91. The van der Waals surface area contributed by atoms with Crippen LogP contribution in [0.5, 0.6) is 5.75 Å². The van der Waals surface area contributed by atoms with E-state index in [4.69, 9.17) is 14.0 Å². The molecule has 2 fully saturated rings. The molecular weight excluding hydrogens is 540 g/mol. The van der Waals surface area contributed by atoms with Crippen molar-refractivity contribution in [2.24, 2.45) is 11.8 Å². The van der Waals surface area contributed by atoms with E-state index in [1.165, 1.54) is 30.4 Å². The fourth-order valence-electron chi connectivity index (χ4n) is 6.82. The lowest BCUT2D eigenvalue weighted by molar-refractivity contribution is 0.0451. The van der Waals surface area contributed by atoms with Crippen molar-refractivity contribution >= 4 is 6.09 Å². The first-order valence-corrected chi connectivity index (χ1v) is 15.1. The first-order chi connectivity index (χ1) is 20.5. The van der Waals surface area contributed by atoms with Crippen LogP contribution < -0.4 is 10.1 Å². The van der Waals surface area contributed by atoms with E-state index in [0.29, 0.717) is 24.2 Å². The molecule has 4 aromatic rings. The fraction of sp³-hybridized carbons (Fsp3) is 0.429. The second kappa shape index (κ2) is 11.1. The molecule has 1 amide bonds. The zero-order valence-corrected chi connectivity index (χ0v) is 25.6. The summed E-state index contributed by atoms with van der Waals surface area (Å²) in [7, 11) is 0. The Morgan fingerprint density at radius 2 is 1.70 bits per heavy atom. The van der Waals surface area contributed by atoms with Gasteiger partial charge < -0.3 is 19.3 Å². The molecule has 8 nitrogen and oxygen atoms in total. The molecule has 0 aliphatic heterocycles. The van der Waals surface area contributed by atoms with Crippen molar-refractivity contribution < 1.29 is 18.8 Å². The Bertz CT molecular complexity index is 1560. The average Bonchev–Trinajstić information content (AvgIpc) is 3.73. The maximum atomic E-state index is 12.4. The van der Waals surface area contributed by atoms with Gasteiger partial charge >= 0.3 is 6.09 Å². The quantitative estimate of drug-likeness (QED) is 0.229. The number of nitrogens with zero attached hydrogens (tertiary/aromatic N) is 3. The molecule has 8 heteroatoms. The van der Waals surface area contributed by atoms with Crippen molar-refractivity contribution in [3.05, 3.63) is 95.6 Å². The monoisotopic (exact) mass is 580 g/mol. The van der Waals surface area contributed by atoms with E-state index in [9.17, 15) is 4.79 Å². The highest BCUT2D eigenvalue weighted by Gasteiger charge is 2.52. The number of pyridine rings is 1. The van der Waals surface area contributed by atoms with Gasteiger partial charge in [0.15, 0.2) is 0 Å². The van der Waals surface area contributed by atoms with E-state index in [-0.39, 0.29) is 5.41 Å². The predicted octanol–water partition coefficient (Wildman–Crippen LogP) is 7.58. The highest BCUT2D eigenvalue weighted by molar-refractivity contribution is 5.69. The van der Waals surface area contributed by atoms with Crippen molar-refractivity contribution in [2.45, 2.75) is 83.5 Å². The minimum absolute atomic E-state index is 0.0251. The third kappa shape index (κ3) is 6.01. The van der Waals surface area contributed by atoms with E-state index >= 15 is 0 Å². The Balaban J connectivity index is 1.21. The molecule has 0 saturated heterocycles. The van der Waals surface area contributed by atoms with Crippen molar-refractivity contribution in [2.75, 3.05) is 0 Å². The van der Waals surface area contributed by atoms with Crippen LogP contribution >= 0.6 is 0 Å². The van der Waals surface area contributed by atoms with Gasteiger partial charge in [0.1, 0.15) is 23.5 Å². The molecule has 3 atom stereocenters. The van der Waals surface area contributed by atoms with E-state index < -0.39 is 17.2 Å². The van der Waals surface area contributed by atoms with Crippen molar-refractivity contribution in [3.8, 4) is 17.1 Å². The Labute approximate surface area is 253 Å². The second-order valence-corrected chi connectivity index (χ2v) is 13.4. The molecule has 2 aromatic heterocycles. The number of nitrogens with one attached hydrogen (secondary N) is 1. The van der Waals surface area contributed by atoms with Gasteiger partial charge in [0.05, 0.1) is 5.69 Å². The maximum Gasteiger partial charge on any atom is 0.408 e. The van der Waals surface area contributed by atoms with Crippen LogP contribution in [0.3, 0.4) is 0 Å². The fourth-order valence-corrected chi connectivity index (χ4v) is 6.82. The third-order valence-corrected chi connectivity index (χ3v) is 8.76. The van der Waals surface area contributed by atoms with Crippen LogP contribution in [0.1, 0.15) is 83.0 Å². The largest absolute Gasteiger partial charge is 0.487 e. The lowest BCUT2D eigenvalue weighted by Gasteiger charge is -2.39. The maximum absolute atomic E-state index is 12.4. The number of amides is 1. The van der Waals surface area contributed by atoms with Crippen molar-refractivity contribution in [3.63, 3.8) is 0 Å². The van der Waals surface area contributed by atoms with Gasteiger partial charge in [-0.3, -0.25) is 4.98 Å². The van der Waals surface area contributed by atoms with Gasteiger partial charge in [-0.1, -0.05) is 54.0 Å². The molecule has 0 spiro atoms. The summed E-state index contributed by atoms with van der Waals surface area (Å²) < 4.78 is 17.0. The SMILES string of the molecule is CC(C)(C)OC(=O)NC(C)(C)c1nc(-c2ccc(C3(c4ccc(OCc5ccccn5)cc4)CC4CCC3C4)cc2)no1. The van der Waals surface area contributed by atoms with Gasteiger partial charge in [-0.25, -0.2) is 4.79 Å². The van der Waals surface area contributed by atoms with Crippen LogP contribution in [0.15, 0.2) is 77.4 Å². The highest BCUT2D eigenvalue weighted by atomic mass is 16.6. The number of benzene rings is 2. The van der Waals surface area contributed by atoms with Crippen LogP contribution in [-0.4, -0.2) is 26.8 Å². The third-order valence-electron chi connectivity index (χ3n) is 8.76. The predicted molar refractivity (Wildman–Crippen MR) is 163 cm³/mol. The number of carbonyl (C=O) groups is 1. The summed E-state index contributed by atoms with van der Waals surface area (Å²) in [6, 6.07) is 23.1. The molecule has 2 aliphatic rings. The molecular formula is C35H40N4O4. The van der Waals surface area contributed by atoms with Crippen LogP contribution in [0.25, 0.3) is 11.4 Å². The minimum Gasteiger partial charge on any atom is -0.487 e. The van der Waals surface area contributed by atoms with Crippen LogP contribution in [0.4, 0.5) is 4.79 Å². The van der Waals surface area contributed by atoms with Crippen LogP contribution in [0.2, 0.25) is 0 Å². The molecule has 2 aromatic carbocycles. The van der Waals surface area contributed by atoms with Gasteiger partial charge in [-0.05, 0) is 101 Å². The van der Waals surface area contributed by atoms with Gasteiger partial charge in [-0.2, -0.15) is 4.98 Å². The molecule has 2 aliphatic carbocycles. The zero-order chi connectivity index (χ0) is 30.2. The molecule has 2 heterocycles. The van der Waals surface area contributed by atoms with E-state index in [0.717, 1.165) is 29.3 Å². The van der Waals surface area contributed by atoms with Crippen molar-refractivity contribution in [1.82, 2.24) is 20.4 Å². The van der Waals surface area contributed by atoms with Gasteiger partial charge in [0, 0.05) is 17.2 Å². The number of fused-ring (bicyclic) bond motifs is 2. The normalized spacial score (nSPS) is 21.5. The first kappa shape index (κ1) is 28.9. The first-order valence-electron chi connectivity index (χ1n) is 15.1. The highest BCUT2D eigenvalue weighted by Crippen LogP contribution is 2.60. The van der Waals surface area contributed by atoms with E-state index in [1.807, 2.05) is 52.8 Å². The Morgan fingerprint density at radius 3 is 2.30 bits per heavy atom. The summed E-state index contributed by atoms with van der Waals surface area (Å²) >= 11 is 0. The number of carbonyl (C=O) groups excluding carboxylic acids is 1. The number of rotatable bonds is 8. The average molecular weight is 581 g/mol. The summed E-state index contributed by atoms with van der Waals surface area (Å²) in [6.45, 7) is 9.54. The van der Waals surface area contributed by atoms with Crippen LogP contribution in [-0.2, 0) is 22.3 Å². The van der Waals surface area contributed by atoms with E-state index in [1.54, 1.807) is 6.20 Å². The summed E-state index contributed by atoms with van der Waals surface area (Å²) in [4.78, 5) is 21.3. The van der Waals surface area contributed by atoms with Gasteiger partial charge in [-0.15, -0.1) is 0 Å². The summed E-state index contributed by atoms with van der Waals surface area (Å²) in [5.74, 6) is 3.01. The Morgan fingerprint density at radius 1 is 0.977 bits per heavy atom. The Kier molecular flexibility index (Phi) is 7.48. The van der Waals surface area contributed by atoms with Gasteiger partial charge in [0.2, 0.25) is 5.82 Å². The van der Waals surface area contributed by atoms with E-state index in [2.05, 4.69) is 69.0 Å². The lowest BCUT2D eigenvalue weighted by atomic mass is 9.64. The molecule has 6 rings (SSSR count). The topological polar surface area (TPSA) is 99.4 Å². The number of ether oxygens (including phenoxy) is 2. The zero-order valence-electron chi connectivity index (χ0n) is 25.6. The molecule has 1 N–H and O–H groups in total. The van der Waals surface area contributed by atoms with Crippen LogP contribution in [0, 0.1) is 11.8 Å². The Hall–Kier alpha value is -4.20. The number of aromatic nitrogens is 3. The standard InChI is InChI=1S/C35H40N4O4/c1-33(2,3)42-32(40)38-34(4,5)31-37-30(39-43-31)24-10-13-25(14-11-24)35(21-23-9-12-27(35)20-23)26-15-17-29(18-16-26)41-22-28-8-6-7-19-36-28/h6-8,10-11,13-19,23,27H,9,12,20-22H2,1-5H3,(H,38,40). The number of hydrogen-bond donors (Lipinski definition) is 1. The molecule has 2 saturated carbocycles. The second-order valence-electron chi connectivity index (χ2n) is 13.4. The molecule has 43 heavy (non-hydrogen) atoms. The molecule has 2 bridgehead atoms. The van der Waals surface area contributed by atoms with Crippen molar-refractivity contribution in [1.29, 1.82) is 0 Å². The molecule has 3 unspecified atom stereocenters.